The highest BCUT2D eigenvalue weighted by Crippen LogP contribution is 2.25. The van der Waals surface area contributed by atoms with Gasteiger partial charge in [-0.3, -0.25) is 0 Å². The quantitative estimate of drug-likeness (QED) is 0.604. The van der Waals surface area contributed by atoms with Crippen molar-refractivity contribution in [3.05, 3.63) is 48.2 Å². The summed E-state index contributed by atoms with van der Waals surface area (Å²) in [5.41, 5.74) is 5.54. The number of hydrogen-bond acceptors (Lipinski definition) is 5. The normalized spacial score (nSPS) is 9.88. The minimum absolute atomic E-state index is 0.0849. The molecule has 0 unspecified atom stereocenters. The molecule has 17 heavy (non-hydrogen) atoms. The number of pyridine rings is 1. The lowest BCUT2D eigenvalue weighted by Crippen LogP contribution is -2.11. The molecule has 0 aliphatic carbocycles. The van der Waals surface area contributed by atoms with E-state index in [-0.39, 0.29) is 23.0 Å². The van der Waals surface area contributed by atoms with Crippen LogP contribution in [0.4, 0.5) is 5.82 Å². The first-order chi connectivity index (χ1) is 8.16. The molecule has 3 N–H and O–H groups in total. The molecule has 86 valence electrons. The maximum Gasteiger partial charge on any atom is 0.362 e. The van der Waals surface area contributed by atoms with E-state index in [1.165, 1.54) is 18.2 Å². The van der Waals surface area contributed by atoms with Crippen LogP contribution in [0, 0.1) is 0 Å². The molecular formula is C12H10N2O3. The second kappa shape index (κ2) is 4.52. The highest BCUT2D eigenvalue weighted by atomic mass is 16.5. The standard InChI is InChI=1S/C12H10N2O3/c13-11-7-3-4-8(14-11)12(16)17-10-6-2-1-5-9(10)15/h1-7,15H,(H2,13,14). The maximum absolute atomic E-state index is 11.7. The number of para-hydroxylation sites is 2. The molecule has 0 saturated carbocycles. The van der Waals surface area contributed by atoms with Gasteiger partial charge in [0.05, 0.1) is 0 Å². The lowest BCUT2D eigenvalue weighted by Gasteiger charge is -2.05. The Morgan fingerprint density at radius 3 is 2.65 bits per heavy atom. The van der Waals surface area contributed by atoms with Gasteiger partial charge in [-0.1, -0.05) is 18.2 Å². The number of benzene rings is 1. The molecular weight excluding hydrogens is 220 g/mol. The number of nitrogens with zero attached hydrogens (tertiary/aromatic N) is 1. The van der Waals surface area contributed by atoms with Gasteiger partial charge in [0.25, 0.3) is 0 Å². The zero-order chi connectivity index (χ0) is 12.3. The molecule has 0 fully saturated rings. The largest absolute Gasteiger partial charge is 0.504 e. The Kier molecular flexibility index (Phi) is 2.91. The fourth-order valence-electron chi connectivity index (χ4n) is 1.26. The SMILES string of the molecule is Nc1cccc(C(=O)Oc2ccccc2O)n1. The van der Waals surface area contributed by atoms with Crippen molar-refractivity contribution in [1.29, 1.82) is 0 Å². The van der Waals surface area contributed by atoms with Crippen LogP contribution >= 0.6 is 0 Å². The first-order valence-corrected chi connectivity index (χ1v) is 4.89. The van der Waals surface area contributed by atoms with Crippen LogP contribution in [0.1, 0.15) is 10.5 Å². The van der Waals surface area contributed by atoms with Gasteiger partial charge in [0.2, 0.25) is 0 Å². The van der Waals surface area contributed by atoms with Crippen LogP contribution in [0.2, 0.25) is 0 Å². The van der Waals surface area contributed by atoms with E-state index in [1.807, 2.05) is 0 Å². The molecule has 0 radical (unpaired) electrons. The molecule has 1 aromatic heterocycles. The van der Waals surface area contributed by atoms with E-state index >= 15 is 0 Å². The number of carbonyl (C=O) groups is 1. The van der Waals surface area contributed by atoms with Crippen LogP contribution in [0.15, 0.2) is 42.5 Å². The van der Waals surface area contributed by atoms with E-state index in [2.05, 4.69) is 4.98 Å². The Morgan fingerprint density at radius 1 is 1.18 bits per heavy atom. The lowest BCUT2D eigenvalue weighted by atomic mass is 10.3. The number of carbonyl (C=O) groups excluding carboxylic acids is 1. The number of phenolic OH excluding ortho intramolecular Hbond substituents is 1. The number of hydrogen-bond donors (Lipinski definition) is 2. The average molecular weight is 230 g/mol. The van der Waals surface area contributed by atoms with Gasteiger partial charge in [0, 0.05) is 0 Å². The van der Waals surface area contributed by atoms with E-state index in [9.17, 15) is 9.90 Å². The smallest absolute Gasteiger partial charge is 0.362 e. The minimum Gasteiger partial charge on any atom is -0.504 e. The molecule has 5 nitrogen and oxygen atoms in total. The van der Waals surface area contributed by atoms with Gasteiger partial charge in [-0.05, 0) is 24.3 Å². The van der Waals surface area contributed by atoms with Crippen LogP contribution in [0.3, 0.4) is 0 Å². The summed E-state index contributed by atoms with van der Waals surface area (Å²) in [6, 6.07) is 10.8. The molecule has 0 aliphatic rings. The fraction of sp³-hybridized carbons (Fsp3) is 0. The van der Waals surface area contributed by atoms with E-state index in [1.54, 1.807) is 24.3 Å². The summed E-state index contributed by atoms with van der Waals surface area (Å²) in [5.74, 6) is -0.456. The molecule has 5 heteroatoms. The summed E-state index contributed by atoms with van der Waals surface area (Å²) in [7, 11) is 0. The van der Waals surface area contributed by atoms with E-state index in [0.717, 1.165) is 0 Å². The monoisotopic (exact) mass is 230 g/mol. The Morgan fingerprint density at radius 2 is 1.94 bits per heavy atom. The first-order valence-electron chi connectivity index (χ1n) is 4.89. The summed E-state index contributed by atoms with van der Waals surface area (Å²) in [4.78, 5) is 15.5. The second-order valence-electron chi connectivity index (χ2n) is 3.30. The topological polar surface area (TPSA) is 85.4 Å². The third-order valence-electron chi connectivity index (χ3n) is 2.05. The van der Waals surface area contributed by atoms with Crippen molar-refractivity contribution in [3.8, 4) is 11.5 Å². The van der Waals surface area contributed by atoms with Crippen molar-refractivity contribution in [2.45, 2.75) is 0 Å². The molecule has 1 aromatic carbocycles. The molecule has 2 rings (SSSR count). The van der Waals surface area contributed by atoms with Crippen molar-refractivity contribution >= 4 is 11.8 Å². The Balaban J connectivity index is 2.20. The molecule has 0 bridgehead atoms. The van der Waals surface area contributed by atoms with E-state index in [0.29, 0.717) is 0 Å². The molecule has 2 aromatic rings. The van der Waals surface area contributed by atoms with Crippen molar-refractivity contribution in [3.63, 3.8) is 0 Å². The Labute approximate surface area is 97.5 Å². The van der Waals surface area contributed by atoms with Crippen LogP contribution < -0.4 is 10.5 Å². The number of rotatable bonds is 2. The molecule has 0 aliphatic heterocycles. The van der Waals surface area contributed by atoms with Crippen molar-refractivity contribution < 1.29 is 14.6 Å². The number of nitrogen functional groups attached to an aromatic ring is 1. The van der Waals surface area contributed by atoms with E-state index in [4.69, 9.17) is 10.5 Å². The predicted molar refractivity (Wildman–Crippen MR) is 61.7 cm³/mol. The van der Waals surface area contributed by atoms with Gasteiger partial charge < -0.3 is 15.6 Å². The van der Waals surface area contributed by atoms with Crippen LogP contribution in [0.25, 0.3) is 0 Å². The van der Waals surface area contributed by atoms with Crippen LogP contribution in [-0.2, 0) is 0 Å². The van der Waals surface area contributed by atoms with Gasteiger partial charge in [-0.15, -0.1) is 0 Å². The Hall–Kier alpha value is -2.56. The van der Waals surface area contributed by atoms with Gasteiger partial charge in [-0.25, -0.2) is 9.78 Å². The summed E-state index contributed by atoms with van der Waals surface area (Å²) in [5, 5.41) is 9.44. The number of nitrogens with two attached hydrogens (primary N) is 1. The number of anilines is 1. The summed E-state index contributed by atoms with van der Waals surface area (Å²) < 4.78 is 4.98. The summed E-state index contributed by atoms with van der Waals surface area (Å²) in [6.45, 7) is 0. The minimum atomic E-state index is -0.668. The molecule has 0 atom stereocenters. The second-order valence-corrected chi connectivity index (χ2v) is 3.30. The van der Waals surface area contributed by atoms with E-state index < -0.39 is 5.97 Å². The number of ether oxygens (including phenoxy) is 1. The van der Waals surface area contributed by atoms with Gasteiger partial charge in [0.15, 0.2) is 17.2 Å². The zero-order valence-corrected chi connectivity index (χ0v) is 8.83. The van der Waals surface area contributed by atoms with Crippen molar-refractivity contribution in [2.24, 2.45) is 0 Å². The third kappa shape index (κ3) is 2.52. The highest BCUT2D eigenvalue weighted by molar-refractivity contribution is 5.89. The number of aromatic hydroxyl groups is 1. The lowest BCUT2D eigenvalue weighted by molar-refractivity contribution is 0.0723. The highest BCUT2D eigenvalue weighted by Gasteiger charge is 2.12. The van der Waals surface area contributed by atoms with Gasteiger partial charge >= 0.3 is 5.97 Å². The third-order valence-corrected chi connectivity index (χ3v) is 2.05. The summed E-state index contributed by atoms with van der Waals surface area (Å²) in [6.07, 6.45) is 0. The first kappa shape index (κ1) is 10.9. The molecule has 0 amide bonds. The van der Waals surface area contributed by atoms with Crippen LogP contribution in [0.5, 0.6) is 11.5 Å². The Bertz CT molecular complexity index is 555. The number of esters is 1. The molecule has 0 spiro atoms. The van der Waals surface area contributed by atoms with Crippen LogP contribution in [-0.4, -0.2) is 16.1 Å². The number of phenols is 1. The van der Waals surface area contributed by atoms with Gasteiger partial charge in [-0.2, -0.15) is 0 Å². The molecule has 1 heterocycles. The summed E-state index contributed by atoms with van der Waals surface area (Å²) >= 11 is 0. The zero-order valence-electron chi connectivity index (χ0n) is 8.83. The van der Waals surface area contributed by atoms with Gasteiger partial charge in [0.1, 0.15) is 5.82 Å². The average Bonchev–Trinajstić information content (AvgIpc) is 2.32. The van der Waals surface area contributed by atoms with Crippen molar-refractivity contribution in [1.82, 2.24) is 4.98 Å². The maximum atomic E-state index is 11.7. The number of aromatic nitrogens is 1. The molecule has 0 saturated heterocycles. The van der Waals surface area contributed by atoms with Crippen molar-refractivity contribution in [2.75, 3.05) is 5.73 Å². The predicted octanol–water partition coefficient (Wildman–Crippen LogP) is 1.59. The fourth-order valence-corrected chi connectivity index (χ4v) is 1.26.